The third kappa shape index (κ3) is 3.80. The standard InChI is InChI=1S/C23H23N5OS/c1-2-20(15-8-9-15)27-23(29)21-10-16(14-30-21)19-12-25-28-13-18(11-24-22(19)28)26-17-6-4-3-5-7-17/h3-7,10-15,20,26H,2,8-9H2,1H3,(H,27,29). The molecule has 1 atom stereocenters. The maximum Gasteiger partial charge on any atom is 0.261 e. The molecule has 7 heteroatoms. The van der Waals surface area contributed by atoms with Crippen LogP contribution in [0.25, 0.3) is 16.8 Å². The Hall–Kier alpha value is -3.19. The number of anilines is 2. The van der Waals surface area contributed by atoms with Gasteiger partial charge in [-0.15, -0.1) is 11.3 Å². The maximum absolute atomic E-state index is 12.7. The van der Waals surface area contributed by atoms with Gasteiger partial charge in [0.15, 0.2) is 5.65 Å². The van der Waals surface area contributed by atoms with E-state index in [0.29, 0.717) is 5.92 Å². The van der Waals surface area contributed by atoms with E-state index in [-0.39, 0.29) is 11.9 Å². The number of carbonyl (C=O) groups is 1. The van der Waals surface area contributed by atoms with Gasteiger partial charge in [-0.2, -0.15) is 5.10 Å². The quantitative estimate of drug-likeness (QED) is 0.438. The number of amides is 1. The van der Waals surface area contributed by atoms with E-state index in [0.717, 1.165) is 39.4 Å². The van der Waals surface area contributed by atoms with Crippen molar-refractivity contribution >= 4 is 34.3 Å². The molecule has 0 aliphatic heterocycles. The van der Waals surface area contributed by atoms with Crippen molar-refractivity contribution < 1.29 is 4.79 Å². The molecule has 1 aliphatic carbocycles. The second kappa shape index (κ2) is 7.91. The normalized spacial score (nSPS) is 14.6. The van der Waals surface area contributed by atoms with E-state index >= 15 is 0 Å². The predicted molar refractivity (Wildman–Crippen MR) is 120 cm³/mol. The van der Waals surface area contributed by atoms with Gasteiger partial charge >= 0.3 is 0 Å². The van der Waals surface area contributed by atoms with Crippen LogP contribution in [0.3, 0.4) is 0 Å². The van der Waals surface area contributed by atoms with Crippen molar-refractivity contribution in [2.24, 2.45) is 5.92 Å². The fraction of sp³-hybridized carbons (Fsp3) is 0.261. The second-order valence-electron chi connectivity index (χ2n) is 7.69. The number of rotatable bonds is 7. The molecule has 6 nitrogen and oxygen atoms in total. The molecule has 3 aromatic heterocycles. The van der Waals surface area contributed by atoms with Crippen LogP contribution in [0.4, 0.5) is 11.4 Å². The molecule has 152 valence electrons. The Balaban J connectivity index is 1.35. The van der Waals surface area contributed by atoms with Crippen LogP contribution in [0.15, 0.2) is 60.4 Å². The zero-order valence-electron chi connectivity index (χ0n) is 16.7. The third-order valence-corrected chi connectivity index (χ3v) is 6.43. The Bertz CT molecular complexity index is 1180. The Morgan fingerprint density at radius 3 is 2.83 bits per heavy atom. The number of fused-ring (bicyclic) bond motifs is 1. The van der Waals surface area contributed by atoms with Gasteiger partial charge in [-0.1, -0.05) is 25.1 Å². The van der Waals surface area contributed by atoms with Gasteiger partial charge in [0.25, 0.3) is 5.91 Å². The Morgan fingerprint density at radius 2 is 2.07 bits per heavy atom. The largest absolute Gasteiger partial charge is 0.353 e. The summed E-state index contributed by atoms with van der Waals surface area (Å²) in [4.78, 5) is 18.0. The van der Waals surface area contributed by atoms with E-state index in [1.807, 2.05) is 48.0 Å². The average molecular weight is 418 g/mol. The minimum absolute atomic E-state index is 0.0174. The molecule has 1 aliphatic rings. The van der Waals surface area contributed by atoms with E-state index in [9.17, 15) is 4.79 Å². The van der Waals surface area contributed by atoms with Gasteiger partial charge in [-0.05, 0) is 54.3 Å². The van der Waals surface area contributed by atoms with Crippen LogP contribution < -0.4 is 10.6 Å². The second-order valence-corrected chi connectivity index (χ2v) is 8.60. The summed E-state index contributed by atoms with van der Waals surface area (Å²) >= 11 is 1.46. The highest BCUT2D eigenvalue weighted by molar-refractivity contribution is 7.12. The number of para-hydroxylation sites is 1. The number of nitrogens with zero attached hydrogens (tertiary/aromatic N) is 3. The Labute approximate surface area is 179 Å². The molecule has 2 N–H and O–H groups in total. The van der Waals surface area contributed by atoms with Gasteiger partial charge in [0.1, 0.15) is 0 Å². The van der Waals surface area contributed by atoms with E-state index < -0.39 is 0 Å². The summed E-state index contributed by atoms with van der Waals surface area (Å²) in [5.41, 5.74) is 4.51. The molecule has 1 fully saturated rings. The van der Waals surface area contributed by atoms with Gasteiger partial charge < -0.3 is 10.6 Å². The third-order valence-electron chi connectivity index (χ3n) is 5.50. The summed E-state index contributed by atoms with van der Waals surface area (Å²) in [6.07, 6.45) is 8.95. The minimum atomic E-state index is 0.0174. The van der Waals surface area contributed by atoms with Crippen LogP contribution in [0.2, 0.25) is 0 Å². The first-order chi connectivity index (χ1) is 14.7. The summed E-state index contributed by atoms with van der Waals surface area (Å²) in [6, 6.07) is 12.2. The number of nitrogens with one attached hydrogen (secondary N) is 2. The fourth-order valence-corrected chi connectivity index (χ4v) is 4.53. The highest BCUT2D eigenvalue weighted by Gasteiger charge is 2.31. The number of benzene rings is 1. The lowest BCUT2D eigenvalue weighted by Gasteiger charge is -2.15. The van der Waals surface area contributed by atoms with Crippen molar-refractivity contribution in [3.05, 3.63) is 65.2 Å². The number of aromatic nitrogens is 3. The van der Waals surface area contributed by atoms with Crippen molar-refractivity contribution in [2.45, 2.75) is 32.2 Å². The number of thiophene rings is 1. The van der Waals surface area contributed by atoms with Crippen LogP contribution in [-0.2, 0) is 0 Å². The highest BCUT2D eigenvalue weighted by atomic mass is 32.1. The summed E-state index contributed by atoms with van der Waals surface area (Å²) < 4.78 is 1.76. The van der Waals surface area contributed by atoms with Crippen molar-refractivity contribution in [1.29, 1.82) is 0 Å². The van der Waals surface area contributed by atoms with Gasteiger partial charge in [0, 0.05) is 17.3 Å². The zero-order chi connectivity index (χ0) is 20.5. The molecule has 0 spiro atoms. The van der Waals surface area contributed by atoms with Crippen LogP contribution in [0, 0.1) is 5.92 Å². The summed E-state index contributed by atoms with van der Waals surface area (Å²) in [5, 5.41) is 13.0. The highest BCUT2D eigenvalue weighted by Crippen LogP contribution is 2.34. The van der Waals surface area contributed by atoms with E-state index in [2.05, 4.69) is 27.6 Å². The van der Waals surface area contributed by atoms with E-state index in [1.54, 1.807) is 16.9 Å². The van der Waals surface area contributed by atoms with E-state index in [1.165, 1.54) is 24.2 Å². The predicted octanol–water partition coefficient (Wildman–Crippen LogP) is 5.12. The summed E-state index contributed by atoms with van der Waals surface area (Å²) in [7, 11) is 0. The number of carbonyl (C=O) groups excluding carboxylic acids is 1. The monoisotopic (exact) mass is 417 g/mol. The smallest absolute Gasteiger partial charge is 0.261 e. The number of hydrogen-bond acceptors (Lipinski definition) is 5. The first-order valence-corrected chi connectivity index (χ1v) is 11.1. The van der Waals surface area contributed by atoms with Crippen LogP contribution in [-0.4, -0.2) is 26.5 Å². The fourth-order valence-electron chi connectivity index (χ4n) is 3.72. The molecular formula is C23H23N5OS. The van der Waals surface area contributed by atoms with Crippen LogP contribution in [0.1, 0.15) is 35.9 Å². The van der Waals surface area contributed by atoms with Gasteiger partial charge in [0.2, 0.25) is 0 Å². The molecular weight excluding hydrogens is 394 g/mol. The lowest BCUT2D eigenvalue weighted by atomic mass is 10.1. The molecule has 1 unspecified atom stereocenters. The molecule has 30 heavy (non-hydrogen) atoms. The molecule has 0 radical (unpaired) electrons. The maximum atomic E-state index is 12.7. The molecule has 1 aromatic carbocycles. The summed E-state index contributed by atoms with van der Waals surface area (Å²) in [5.74, 6) is 0.671. The first-order valence-electron chi connectivity index (χ1n) is 10.3. The Morgan fingerprint density at radius 1 is 1.23 bits per heavy atom. The van der Waals surface area contributed by atoms with Crippen molar-refractivity contribution in [3.8, 4) is 11.1 Å². The van der Waals surface area contributed by atoms with Gasteiger partial charge in [-0.25, -0.2) is 9.50 Å². The zero-order valence-corrected chi connectivity index (χ0v) is 17.5. The van der Waals surface area contributed by atoms with Gasteiger partial charge in [0.05, 0.1) is 29.2 Å². The lowest BCUT2D eigenvalue weighted by Crippen LogP contribution is -2.35. The van der Waals surface area contributed by atoms with Crippen molar-refractivity contribution in [3.63, 3.8) is 0 Å². The van der Waals surface area contributed by atoms with Crippen molar-refractivity contribution in [1.82, 2.24) is 19.9 Å². The minimum Gasteiger partial charge on any atom is -0.353 e. The van der Waals surface area contributed by atoms with Crippen molar-refractivity contribution in [2.75, 3.05) is 5.32 Å². The molecule has 1 amide bonds. The SMILES string of the molecule is CCC(NC(=O)c1cc(-c2cnn3cc(Nc4ccccc4)cnc23)cs1)C1CC1. The Kier molecular flexibility index (Phi) is 4.96. The lowest BCUT2D eigenvalue weighted by molar-refractivity contribution is 0.0935. The van der Waals surface area contributed by atoms with Crippen LogP contribution in [0.5, 0.6) is 0 Å². The molecule has 0 bridgehead atoms. The molecule has 4 aromatic rings. The van der Waals surface area contributed by atoms with E-state index in [4.69, 9.17) is 0 Å². The molecule has 3 heterocycles. The molecule has 5 rings (SSSR count). The summed E-state index contributed by atoms with van der Waals surface area (Å²) in [6.45, 7) is 2.13. The topological polar surface area (TPSA) is 71.3 Å². The first kappa shape index (κ1) is 18.8. The molecule has 1 saturated carbocycles. The van der Waals surface area contributed by atoms with Gasteiger partial charge in [-0.3, -0.25) is 4.79 Å². The molecule has 0 saturated heterocycles. The average Bonchev–Trinajstić information content (AvgIpc) is 3.34. The number of hydrogen-bond donors (Lipinski definition) is 2. The van der Waals surface area contributed by atoms with Crippen LogP contribution >= 0.6 is 11.3 Å².